The van der Waals surface area contributed by atoms with Gasteiger partial charge in [0.15, 0.2) is 0 Å². The van der Waals surface area contributed by atoms with Crippen molar-refractivity contribution < 1.29 is 9.47 Å². The van der Waals surface area contributed by atoms with Crippen LogP contribution >= 0.6 is 0 Å². The van der Waals surface area contributed by atoms with Crippen molar-refractivity contribution in [1.82, 2.24) is 19.9 Å². The summed E-state index contributed by atoms with van der Waals surface area (Å²) in [6, 6.07) is 8.09. The van der Waals surface area contributed by atoms with E-state index in [1.807, 2.05) is 37.5 Å². The van der Waals surface area contributed by atoms with E-state index in [9.17, 15) is 0 Å². The number of ether oxygens (including phenoxy) is 2. The van der Waals surface area contributed by atoms with Crippen LogP contribution in [0.1, 0.15) is 37.0 Å². The number of pyridine rings is 2. The fraction of sp³-hybridized carbons (Fsp3) is 0.391. The standard InChI is InChI=1S/C23H26N4O2/c1-5-17-7-6-16(10-25-17)19-12-24-15(3)27-23(19)29-13-20-14(2)22(20)21-9-8-18(28-4)11-26-21/h6-12,14,20,22H,5,13H2,1-4H3/t14-,20+,22+/m1/s1. The molecule has 6 nitrogen and oxygen atoms in total. The summed E-state index contributed by atoms with van der Waals surface area (Å²) in [5, 5.41) is 0. The van der Waals surface area contributed by atoms with E-state index in [-0.39, 0.29) is 0 Å². The van der Waals surface area contributed by atoms with Gasteiger partial charge in [0, 0.05) is 41.2 Å². The lowest BCUT2D eigenvalue weighted by Crippen LogP contribution is -2.06. The van der Waals surface area contributed by atoms with E-state index in [1.54, 1.807) is 13.3 Å². The Morgan fingerprint density at radius 2 is 1.86 bits per heavy atom. The summed E-state index contributed by atoms with van der Waals surface area (Å²) in [6.07, 6.45) is 6.37. The highest BCUT2D eigenvalue weighted by molar-refractivity contribution is 5.66. The van der Waals surface area contributed by atoms with Crippen LogP contribution in [0.3, 0.4) is 0 Å². The lowest BCUT2D eigenvalue weighted by Gasteiger charge is -2.11. The third-order valence-electron chi connectivity index (χ3n) is 5.68. The summed E-state index contributed by atoms with van der Waals surface area (Å²) in [7, 11) is 1.65. The summed E-state index contributed by atoms with van der Waals surface area (Å²) in [5.41, 5.74) is 3.99. The average molecular weight is 390 g/mol. The maximum absolute atomic E-state index is 6.19. The molecule has 3 aromatic rings. The fourth-order valence-corrected chi connectivity index (χ4v) is 3.72. The van der Waals surface area contributed by atoms with Gasteiger partial charge in [-0.05, 0) is 37.5 Å². The fourth-order valence-electron chi connectivity index (χ4n) is 3.72. The van der Waals surface area contributed by atoms with Crippen LogP contribution in [-0.2, 0) is 6.42 Å². The zero-order valence-electron chi connectivity index (χ0n) is 17.3. The van der Waals surface area contributed by atoms with Crippen LogP contribution in [0.15, 0.2) is 42.9 Å². The van der Waals surface area contributed by atoms with Crippen LogP contribution in [0.5, 0.6) is 11.6 Å². The molecule has 3 aromatic heterocycles. The normalized spacial score (nSPS) is 20.3. The summed E-state index contributed by atoms with van der Waals surface area (Å²) in [6.45, 7) is 6.81. The van der Waals surface area contributed by atoms with E-state index in [0.29, 0.717) is 36.1 Å². The smallest absolute Gasteiger partial charge is 0.224 e. The third kappa shape index (κ3) is 4.06. The molecule has 1 saturated carbocycles. The molecule has 0 unspecified atom stereocenters. The Labute approximate surface area is 171 Å². The number of hydrogen-bond acceptors (Lipinski definition) is 6. The SMILES string of the molecule is CCc1ccc(-c2cnc(C)nc2OC[C@H]2[C@@H](C)[C@@H]2c2ccc(OC)cn2)cn1. The highest BCUT2D eigenvalue weighted by Gasteiger charge is 2.49. The van der Waals surface area contributed by atoms with Crippen molar-refractivity contribution in [2.75, 3.05) is 13.7 Å². The van der Waals surface area contributed by atoms with Gasteiger partial charge in [0.1, 0.15) is 11.6 Å². The van der Waals surface area contributed by atoms with E-state index >= 15 is 0 Å². The van der Waals surface area contributed by atoms with E-state index < -0.39 is 0 Å². The van der Waals surface area contributed by atoms with Crippen LogP contribution in [0.25, 0.3) is 11.1 Å². The zero-order chi connectivity index (χ0) is 20.4. The topological polar surface area (TPSA) is 70.0 Å². The van der Waals surface area contributed by atoms with Crippen molar-refractivity contribution in [2.24, 2.45) is 11.8 Å². The third-order valence-corrected chi connectivity index (χ3v) is 5.68. The van der Waals surface area contributed by atoms with Gasteiger partial charge in [0.2, 0.25) is 5.88 Å². The molecule has 0 N–H and O–H groups in total. The molecule has 6 heteroatoms. The lowest BCUT2D eigenvalue weighted by molar-refractivity contribution is 0.280. The van der Waals surface area contributed by atoms with Crippen LogP contribution in [-0.4, -0.2) is 33.7 Å². The van der Waals surface area contributed by atoms with E-state index in [2.05, 4.69) is 39.8 Å². The van der Waals surface area contributed by atoms with Gasteiger partial charge in [-0.2, -0.15) is 4.98 Å². The van der Waals surface area contributed by atoms with Crippen LogP contribution in [0.2, 0.25) is 0 Å². The average Bonchev–Trinajstić information content (AvgIpc) is 3.41. The highest BCUT2D eigenvalue weighted by Crippen LogP contribution is 2.53. The molecule has 0 aliphatic heterocycles. The van der Waals surface area contributed by atoms with Crippen LogP contribution in [0.4, 0.5) is 0 Å². The van der Waals surface area contributed by atoms with Crippen molar-refractivity contribution in [1.29, 1.82) is 0 Å². The van der Waals surface area contributed by atoms with Gasteiger partial charge in [-0.15, -0.1) is 0 Å². The minimum Gasteiger partial charge on any atom is -0.495 e. The van der Waals surface area contributed by atoms with Gasteiger partial charge in [-0.1, -0.05) is 19.9 Å². The molecule has 0 bridgehead atoms. The maximum atomic E-state index is 6.19. The molecule has 29 heavy (non-hydrogen) atoms. The second-order valence-electron chi connectivity index (χ2n) is 7.51. The minimum absolute atomic E-state index is 0.401. The highest BCUT2D eigenvalue weighted by atomic mass is 16.5. The quantitative estimate of drug-likeness (QED) is 0.601. The Morgan fingerprint density at radius 3 is 2.52 bits per heavy atom. The molecule has 150 valence electrons. The van der Waals surface area contributed by atoms with E-state index in [1.165, 1.54) is 0 Å². The molecule has 0 aromatic carbocycles. The van der Waals surface area contributed by atoms with Gasteiger partial charge >= 0.3 is 0 Å². The number of aryl methyl sites for hydroxylation is 2. The number of aromatic nitrogens is 4. The first-order chi connectivity index (χ1) is 14.1. The van der Waals surface area contributed by atoms with E-state index in [0.717, 1.165) is 34.7 Å². The number of nitrogens with zero attached hydrogens (tertiary/aromatic N) is 4. The van der Waals surface area contributed by atoms with Gasteiger partial charge < -0.3 is 9.47 Å². The number of methoxy groups -OCH3 is 1. The number of hydrogen-bond donors (Lipinski definition) is 0. The molecular formula is C23H26N4O2. The Balaban J connectivity index is 1.48. The van der Waals surface area contributed by atoms with Crippen molar-refractivity contribution >= 4 is 0 Å². The van der Waals surface area contributed by atoms with Gasteiger partial charge in [0.25, 0.3) is 0 Å². The Morgan fingerprint density at radius 1 is 1.00 bits per heavy atom. The molecule has 0 radical (unpaired) electrons. The monoisotopic (exact) mass is 390 g/mol. The molecule has 1 aliphatic carbocycles. The Kier molecular flexibility index (Phi) is 5.43. The summed E-state index contributed by atoms with van der Waals surface area (Å²) in [4.78, 5) is 17.9. The summed E-state index contributed by atoms with van der Waals surface area (Å²) < 4.78 is 11.4. The van der Waals surface area contributed by atoms with Crippen LogP contribution < -0.4 is 9.47 Å². The van der Waals surface area contributed by atoms with Crippen molar-refractivity contribution in [3.05, 3.63) is 60.1 Å². The first kappa shape index (κ1) is 19.3. The van der Waals surface area contributed by atoms with Crippen molar-refractivity contribution in [2.45, 2.75) is 33.1 Å². The first-order valence-corrected chi connectivity index (χ1v) is 10.0. The second kappa shape index (κ2) is 8.15. The molecule has 4 rings (SSSR count). The number of rotatable bonds is 7. The van der Waals surface area contributed by atoms with Gasteiger partial charge in [0.05, 0.1) is 25.5 Å². The molecular weight excluding hydrogens is 364 g/mol. The maximum Gasteiger partial charge on any atom is 0.224 e. The Bertz CT molecular complexity index is 973. The second-order valence-corrected chi connectivity index (χ2v) is 7.51. The largest absolute Gasteiger partial charge is 0.495 e. The lowest BCUT2D eigenvalue weighted by atomic mass is 10.1. The first-order valence-electron chi connectivity index (χ1n) is 10.0. The molecule has 3 heterocycles. The molecule has 1 aliphatic rings. The molecule has 0 saturated heterocycles. The van der Waals surface area contributed by atoms with Crippen molar-refractivity contribution in [3.63, 3.8) is 0 Å². The molecule has 3 atom stereocenters. The minimum atomic E-state index is 0.401. The van der Waals surface area contributed by atoms with Gasteiger partial charge in [-0.25, -0.2) is 4.98 Å². The van der Waals surface area contributed by atoms with E-state index in [4.69, 9.17) is 9.47 Å². The van der Waals surface area contributed by atoms with Gasteiger partial charge in [-0.3, -0.25) is 9.97 Å². The van der Waals surface area contributed by atoms with Crippen molar-refractivity contribution in [3.8, 4) is 22.8 Å². The summed E-state index contributed by atoms with van der Waals surface area (Å²) >= 11 is 0. The molecule has 0 spiro atoms. The molecule has 1 fully saturated rings. The predicted molar refractivity (Wildman–Crippen MR) is 111 cm³/mol. The summed E-state index contributed by atoms with van der Waals surface area (Å²) in [5.74, 6) is 3.42. The zero-order valence-corrected chi connectivity index (χ0v) is 17.3. The Hall–Kier alpha value is -3.02. The predicted octanol–water partition coefficient (Wildman–Crippen LogP) is 4.24. The van der Waals surface area contributed by atoms with Crippen LogP contribution in [0, 0.1) is 18.8 Å². The molecule has 0 amide bonds.